The maximum Gasteiger partial charge on any atom is 0.257 e. The molecule has 200 valence electrons. The molecule has 0 aromatic carbocycles. The van der Waals surface area contributed by atoms with Gasteiger partial charge in [0.1, 0.15) is 12.4 Å². The average molecular weight is 476 g/mol. The van der Waals surface area contributed by atoms with Gasteiger partial charge < -0.3 is 0 Å². The van der Waals surface area contributed by atoms with Crippen LogP contribution in [0.5, 0.6) is 0 Å². The van der Waals surface area contributed by atoms with Crippen molar-refractivity contribution >= 4 is 0 Å². The van der Waals surface area contributed by atoms with Crippen molar-refractivity contribution in [2.45, 2.75) is 187 Å². The van der Waals surface area contributed by atoms with Crippen LogP contribution in [0.3, 0.4) is 0 Å². The van der Waals surface area contributed by atoms with Crippen LogP contribution in [-0.4, -0.2) is 4.98 Å². The molecular weight excluding hydrogens is 412 g/mol. The van der Waals surface area contributed by atoms with Crippen molar-refractivity contribution < 1.29 is 4.57 Å². The number of aromatic nitrogens is 2. The lowest BCUT2D eigenvalue weighted by Gasteiger charge is -2.17. The van der Waals surface area contributed by atoms with Gasteiger partial charge in [-0.15, -0.1) is 0 Å². The van der Waals surface area contributed by atoms with Gasteiger partial charge in [-0.2, -0.15) is 0 Å². The largest absolute Gasteiger partial charge is 0.257 e. The van der Waals surface area contributed by atoms with Crippen molar-refractivity contribution in [3.05, 3.63) is 18.2 Å². The normalized spacial score (nSPS) is 13.4. The van der Waals surface area contributed by atoms with Crippen molar-refractivity contribution in [2.75, 3.05) is 0 Å². The molecule has 1 aromatic heterocycles. The van der Waals surface area contributed by atoms with Crippen LogP contribution >= 0.6 is 0 Å². The molecule has 0 aliphatic carbocycles. The maximum absolute atomic E-state index is 3.68. The lowest BCUT2D eigenvalue weighted by molar-refractivity contribution is -0.727. The molecule has 0 spiro atoms. The van der Waals surface area contributed by atoms with E-state index in [1.54, 1.807) is 0 Å². The molecule has 0 aliphatic heterocycles. The zero-order valence-electron chi connectivity index (χ0n) is 24.0. The van der Waals surface area contributed by atoms with Crippen LogP contribution in [0.1, 0.15) is 193 Å². The quantitative estimate of drug-likeness (QED) is 0.107. The second-order valence-corrected chi connectivity index (χ2v) is 11.2. The number of imidazole rings is 1. The Balaban J connectivity index is 2.36. The molecule has 0 fully saturated rings. The number of hydrogen-bond acceptors (Lipinski definition) is 0. The summed E-state index contributed by atoms with van der Waals surface area (Å²) in [6.07, 6.45) is 36.9. The smallest absolute Gasteiger partial charge is 0.247 e. The SMILES string of the molecule is CCCCCCCCCCCCCCC(CCCCCCCC)c1[nH]cc[n+]1C(C)CCCC. The first-order valence-corrected chi connectivity index (χ1v) is 15.8. The van der Waals surface area contributed by atoms with Crippen LogP contribution in [0.2, 0.25) is 0 Å². The molecule has 1 N–H and O–H groups in total. The zero-order valence-corrected chi connectivity index (χ0v) is 24.0. The summed E-state index contributed by atoms with van der Waals surface area (Å²) in [4.78, 5) is 3.68. The van der Waals surface area contributed by atoms with Crippen LogP contribution in [-0.2, 0) is 0 Å². The van der Waals surface area contributed by atoms with Gasteiger partial charge in [-0.25, -0.2) is 9.55 Å². The molecule has 0 aliphatic rings. The molecule has 0 radical (unpaired) electrons. The molecule has 1 aromatic rings. The summed E-state index contributed by atoms with van der Waals surface area (Å²) in [5.41, 5.74) is 0. The molecule has 2 nitrogen and oxygen atoms in total. The molecule has 0 saturated carbocycles. The highest BCUT2D eigenvalue weighted by Gasteiger charge is 2.25. The Labute approximate surface area is 215 Å². The summed E-state index contributed by atoms with van der Waals surface area (Å²) in [5.74, 6) is 2.23. The first-order chi connectivity index (χ1) is 16.7. The van der Waals surface area contributed by atoms with E-state index in [0.717, 1.165) is 0 Å². The summed E-state index contributed by atoms with van der Waals surface area (Å²) >= 11 is 0. The van der Waals surface area contributed by atoms with Gasteiger partial charge in [0.2, 0.25) is 0 Å². The van der Waals surface area contributed by atoms with E-state index in [9.17, 15) is 0 Å². The second-order valence-electron chi connectivity index (χ2n) is 11.2. The summed E-state index contributed by atoms with van der Waals surface area (Å²) < 4.78 is 2.58. The number of nitrogens with zero attached hydrogens (tertiary/aromatic N) is 1. The Morgan fingerprint density at radius 1 is 0.559 bits per heavy atom. The van der Waals surface area contributed by atoms with Crippen LogP contribution in [0.15, 0.2) is 12.4 Å². The first-order valence-electron chi connectivity index (χ1n) is 15.8. The summed E-state index contributed by atoms with van der Waals surface area (Å²) in [7, 11) is 0. The molecule has 1 rings (SSSR count). The van der Waals surface area contributed by atoms with E-state index < -0.39 is 0 Å². The van der Waals surface area contributed by atoms with Gasteiger partial charge in [-0.1, -0.05) is 143 Å². The third kappa shape index (κ3) is 15.3. The number of H-pyrrole nitrogens is 1. The van der Waals surface area contributed by atoms with Gasteiger partial charge in [0.15, 0.2) is 0 Å². The number of hydrogen-bond donors (Lipinski definition) is 1. The monoisotopic (exact) mass is 475 g/mol. The highest BCUT2D eigenvalue weighted by Crippen LogP contribution is 2.27. The summed E-state index contributed by atoms with van der Waals surface area (Å²) in [6, 6.07) is 0.621. The van der Waals surface area contributed by atoms with E-state index in [1.807, 2.05) is 0 Å². The molecule has 2 atom stereocenters. The third-order valence-corrected chi connectivity index (χ3v) is 7.89. The summed E-state index contributed by atoms with van der Waals surface area (Å²) in [5, 5.41) is 0. The fraction of sp³-hybridized carbons (Fsp3) is 0.906. The Morgan fingerprint density at radius 2 is 0.971 bits per heavy atom. The van der Waals surface area contributed by atoms with E-state index in [4.69, 9.17) is 0 Å². The van der Waals surface area contributed by atoms with Crippen molar-refractivity contribution in [3.63, 3.8) is 0 Å². The fourth-order valence-electron chi connectivity index (χ4n) is 5.53. The van der Waals surface area contributed by atoms with Gasteiger partial charge in [0.05, 0.1) is 12.0 Å². The van der Waals surface area contributed by atoms with Gasteiger partial charge >= 0.3 is 0 Å². The highest BCUT2D eigenvalue weighted by molar-refractivity contribution is 4.90. The lowest BCUT2D eigenvalue weighted by Crippen LogP contribution is -2.41. The number of nitrogens with one attached hydrogen (secondary N) is 1. The van der Waals surface area contributed by atoms with Crippen LogP contribution < -0.4 is 4.57 Å². The van der Waals surface area contributed by atoms with Gasteiger partial charge in [-0.05, 0) is 32.6 Å². The molecular formula is C32H63N2+. The van der Waals surface area contributed by atoms with E-state index in [0.29, 0.717) is 12.0 Å². The summed E-state index contributed by atoms with van der Waals surface area (Å²) in [6.45, 7) is 9.35. The van der Waals surface area contributed by atoms with E-state index in [-0.39, 0.29) is 0 Å². The molecule has 2 unspecified atom stereocenters. The predicted octanol–water partition coefficient (Wildman–Crippen LogP) is 11.0. The minimum atomic E-state index is 0.621. The van der Waals surface area contributed by atoms with Crippen molar-refractivity contribution in [1.82, 2.24) is 4.98 Å². The first kappa shape index (κ1) is 31.2. The van der Waals surface area contributed by atoms with Crippen molar-refractivity contribution in [2.24, 2.45) is 0 Å². The van der Waals surface area contributed by atoms with E-state index in [1.165, 1.54) is 154 Å². The third-order valence-electron chi connectivity index (χ3n) is 7.89. The van der Waals surface area contributed by atoms with Crippen molar-refractivity contribution in [3.8, 4) is 0 Å². The molecule has 0 bridgehead atoms. The molecule has 0 saturated heterocycles. The van der Waals surface area contributed by atoms with Gasteiger partial charge in [-0.3, -0.25) is 0 Å². The molecule has 1 heterocycles. The predicted molar refractivity (Wildman–Crippen MR) is 152 cm³/mol. The Kier molecular flexibility index (Phi) is 20.8. The Hall–Kier alpha value is -0.790. The fourth-order valence-corrected chi connectivity index (χ4v) is 5.53. The lowest BCUT2D eigenvalue weighted by atomic mass is 9.93. The second kappa shape index (κ2) is 22.7. The van der Waals surface area contributed by atoms with E-state index >= 15 is 0 Å². The average Bonchev–Trinajstić information content (AvgIpc) is 3.34. The topological polar surface area (TPSA) is 19.7 Å². The maximum atomic E-state index is 3.68. The Morgan fingerprint density at radius 3 is 1.41 bits per heavy atom. The molecule has 2 heteroatoms. The molecule has 34 heavy (non-hydrogen) atoms. The zero-order chi connectivity index (χ0) is 24.7. The van der Waals surface area contributed by atoms with E-state index in [2.05, 4.69) is 49.6 Å². The molecule has 0 amide bonds. The van der Waals surface area contributed by atoms with Crippen LogP contribution in [0.4, 0.5) is 0 Å². The van der Waals surface area contributed by atoms with Gasteiger partial charge in [0, 0.05) is 0 Å². The minimum absolute atomic E-state index is 0.621. The number of unbranched alkanes of at least 4 members (excludes halogenated alkanes) is 17. The standard InChI is InChI=1S/C32H62N2/c1-5-8-11-13-15-16-17-18-19-20-22-24-27-31(26-23-21-14-12-9-6-2)32-33-28-29-34(32)30(4)25-10-7-3/h28-31H,5-27H2,1-4H3/p+1. The van der Waals surface area contributed by atoms with Crippen LogP contribution in [0.25, 0.3) is 0 Å². The van der Waals surface area contributed by atoms with Gasteiger partial charge in [0.25, 0.3) is 5.82 Å². The Bertz CT molecular complexity index is 535. The van der Waals surface area contributed by atoms with Crippen molar-refractivity contribution in [1.29, 1.82) is 0 Å². The van der Waals surface area contributed by atoms with Crippen LogP contribution in [0, 0.1) is 0 Å². The number of rotatable bonds is 25. The number of aromatic amines is 1. The minimum Gasteiger partial charge on any atom is -0.247 e. The highest BCUT2D eigenvalue weighted by atomic mass is 15.1.